The summed E-state index contributed by atoms with van der Waals surface area (Å²) < 4.78 is 4.91. The van der Waals surface area contributed by atoms with Crippen molar-refractivity contribution in [2.45, 2.75) is 25.3 Å². The van der Waals surface area contributed by atoms with E-state index in [4.69, 9.17) is 4.74 Å². The van der Waals surface area contributed by atoms with Crippen molar-refractivity contribution in [1.82, 2.24) is 10.3 Å². The fraction of sp³-hybridized carbons (Fsp3) is 0.471. The third kappa shape index (κ3) is 2.89. The minimum atomic E-state index is -0.200. The summed E-state index contributed by atoms with van der Waals surface area (Å²) in [5, 5.41) is 3.00. The lowest BCUT2D eigenvalue weighted by Crippen LogP contribution is -2.46. The van der Waals surface area contributed by atoms with Crippen LogP contribution in [-0.2, 0) is 14.3 Å². The molecule has 1 heterocycles. The first kappa shape index (κ1) is 14.8. The topological polar surface area (TPSA) is 68.3 Å². The van der Waals surface area contributed by atoms with Gasteiger partial charge in [0.15, 0.2) is 0 Å². The van der Waals surface area contributed by atoms with Gasteiger partial charge in [0.25, 0.3) is 0 Å². The number of amides is 1. The quantitative estimate of drug-likeness (QED) is 0.680. The summed E-state index contributed by atoms with van der Waals surface area (Å²) in [5.74, 6) is 0.179. The van der Waals surface area contributed by atoms with E-state index in [2.05, 4.69) is 10.3 Å². The molecule has 116 valence electrons. The third-order valence-corrected chi connectivity index (χ3v) is 4.81. The van der Waals surface area contributed by atoms with E-state index in [0.717, 1.165) is 24.8 Å². The molecule has 1 amide bonds. The van der Waals surface area contributed by atoms with Gasteiger partial charge in [-0.1, -0.05) is 6.07 Å². The van der Waals surface area contributed by atoms with Crippen molar-refractivity contribution in [1.29, 1.82) is 0 Å². The lowest BCUT2D eigenvalue weighted by Gasteiger charge is -2.29. The minimum absolute atomic E-state index is 0.0998. The van der Waals surface area contributed by atoms with Crippen LogP contribution in [0.4, 0.5) is 0 Å². The van der Waals surface area contributed by atoms with E-state index in [0.29, 0.717) is 11.8 Å². The molecule has 2 aliphatic carbocycles. The maximum atomic E-state index is 12.1. The summed E-state index contributed by atoms with van der Waals surface area (Å²) in [6.07, 6.45) is 9.75. The zero-order chi connectivity index (χ0) is 15.5. The molecule has 0 aromatic carbocycles. The molecule has 22 heavy (non-hydrogen) atoms. The van der Waals surface area contributed by atoms with E-state index in [-0.39, 0.29) is 23.8 Å². The van der Waals surface area contributed by atoms with Gasteiger partial charge in [-0.2, -0.15) is 0 Å². The highest BCUT2D eigenvalue weighted by atomic mass is 16.5. The molecule has 0 radical (unpaired) electrons. The number of carbonyl (C=O) groups is 2. The minimum Gasteiger partial charge on any atom is -0.469 e. The van der Waals surface area contributed by atoms with Crippen LogP contribution in [0.3, 0.4) is 0 Å². The molecule has 2 saturated carbocycles. The second-order valence-corrected chi connectivity index (χ2v) is 6.04. The van der Waals surface area contributed by atoms with Crippen LogP contribution < -0.4 is 5.32 Å². The van der Waals surface area contributed by atoms with E-state index in [9.17, 15) is 9.59 Å². The number of esters is 1. The Morgan fingerprint density at radius 3 is 2.91 bits per heavy atom. The fourth-order valence-corrected chi connectivity index (χ4v) is 3.83. The average molecular weight is 300 g/mol. The molecular weight excluding hydrogens is 280 g/mol. The second-order valence-electron chi connectivity index (χ2n) is 6.04. The summed E-state index contributed by atoms with van der Waals surface area (Å²) in [4.78, 5) is 28.1. The largest absolute Gasteiger partial charge is 0.469 e. The van der Waals surface area contributed by atoms with Crippen LogP contribution >= 0.6 is 0 Å². The Bertz CT molecular complexity index is 585. The van der Waals surface area contributed by atoms with Crippen LogP contribution in [0.5, 0.6) is 0 Å². The van der Waals surface area contributed by atoms with Crippen molar-refractivity contribution in [3.63, 3.8) is 0 Å². The van der Waals surface area contributed by atoms with Gasteiger partial charge in [0.2, 0.25) is 5.91 Å². The summed E-state index contributed by atoms with van der Waals surface area (Å²) in [5.41, 5.74) is 0.870. The van der Waals surface area contributed by atoms with E-state index in [1.54, 1.807) is 18.5 Å². The number of nitrogens with one attached hydrogen (secondary N) is 1. The molecular formula is C17H20N2O3. The lowest BCUT2D eigenvalue weighted by atomic mass is 9.84. The molecule has 1 N–H and O–H groups in total. The number of carbonyl (C=O) groups excluding carboxylic acids is 2. The summed E-state index contributed by atoms with van der Waals surface area (Å²) in [7, 11) is 1.41. The van der Waals surface area contributed by atoms with E-state index < -0.39 is 0 Å². The number of hydrogen-bond acceptors (Lipinski definition) is 4. The first-order valence-corrected chi connectivity index (χ1v) is 7.65. The van der Waals surface area contributed by atoms with Gasteiger partial charge in [0.05, 0.1) is 13.0 Å². The molecule has 0 aliphatic heterocycles. The predicted octanol–water partition coefficient (Wildman–Crippen LogP) is 1.80. The van der Waals surface area contributed by atoms with Gasteiger partial charge in [0, 0.05) is 24.5 Å². The molecule has 2 aliphatic rings. The molecule has 1 aromatic heterocycles. The number of ether oxygens (including phenoxy) is 1. The Balaban J connectivity index is 1.65. The number of hydrogen-bond donors (Lipinski definition) is 1. The van der Waals surface area contributed by atoms with Crippen molar-refractivity contribution in [3.8, 4) is 0 Å². The Morgan fingerprint density at radius 1 is 1.36 bits per heavy atom. The molecule has 0 saturated heterocycles. The van der Waals surface area contributed by atoms with Gasteiger partial charge in [0.1, 0.15) is 0 Å². The van der Waals surface area contributed by atoms with Crippen LogP contribution in [0.1, 0.15) is 24.8 Å². The van der Waals surface area contributed by atoms with Crippen LogP contribution in [0.2, 0.25) is 0 Å². The summed E-state index contributed by atoms with van der Waals surface area (Å²) in [6.45, 7) is 0. The number of pyridine rings is 1. The highest BCUT2D eigenvalue weighted by molar-refractivity contribution is 5.92. The molecule has 5 heteroatoms. The third-order valence-electron chi connectivity index (χ3n) is 4.81. The highest BCUT2D eigenvalue weighted by Gasteiger charge is 2.51. The molecule has 0 spiro atoms. The van der Waals surface area contributed by atoms with Gasteiger partial charge in [-0.15, -0.1) is 0 Å². The zero-order valence-corrected chi connectivity index (χ0v) is 12.6. The summed E-state index contributed by atoms with van der Waals surface area (Å²) >= 11 is 0. The molecule has 5 nitrogen and oxygen atoms in total. The van der Waals surface area contributed by atoms with Crippen molar-refractivity contribution >= 4 is 18.0 Å². The number of rotatable bonds is 4. The maximum absolute atomic E-state index is 12.1. The smallest absolute Gasteiger partial charge is 0.311 e. The Hall–Kier alpha value is -2.17. The molecule has 1 aromatic rings. The Morgan fingerprint density at radius 2 is 2.18 bits per heavy atom. The van der Waals surface area contributed by atoms with Gasteiger partial charge in [-0.25, -0.2) is 0 Å². The van der Waals surface area contributed by atoms with Gasteiger partial charge < -0.3 is 10.1 Å². The standard InChI is InChI=1S/C17H20N2O3/c1-22-17(21)15-12-5-6-13(9-12)16(15)19-14(20)7-4-11-3-2-8-18-10-11/h2-4,7-8,10,12-13,15-16H,5-6,9H2,1H3,(H,19,20)/b7-4-/t12-,13-,15+,16+/m0/s1. The maximum Gasteiger partial charge on any atom is 0.311 e. The van der Waals surface area contributed by atoms with Gasteiger partial charge >= 0.3 is 5.97 Å². The number of nitrogens with zero attached hydrogens (tertiary/aromatic N) is 1. The van der Waals surface area contributed by atoms with Crippen LogP contribution in [0.15, 0.2) is 30.6 Å². The molecule has 3 rings (SSSR count). The molecule has 2 fully saturated rings. The zero-order valence-electron chi connectivity index (χ0n) is 12.6. The van der Waals surface area contributed by atoms with Crippen LogP contribution in [0.25, 0.3) is 6.08 Å². The number of fused-ring (bicyclic) bond motifs is 2. The number of methoxy groups -OCH3 is 1. The van der Waals surface area contributed by atoms with Crippen molar-refractivity contribution in [2.24, 2.45) is 17.8 Å². The van der Waals surface area contributed by atoms with Crippen LogP contribution in [0, 0.1) is 17.8 Å². The molecule has 4 atom stereocenters. The van der Waals surface area contributed by atoms with Gasteiger partial charge in [-0.05, 0) is 48.8 Å². The van der Waals surface area contributed by atoms with E-state index in [1.807, 2.05) is 12.1 Å². The first-order valence-electron chi connectivity index (χ1n) is 7.65. The van der Waals surface area contributed by atoms with E-state index >= 15 is 0 Å². The fourth-order valence-electron chi connectivity index (χ4n) is 3.83. The Kier molecular flexibility index (Phi) is 4.22. The second kappa shape index (κ2) is 6.30. The Labute approximate surface area is 129 Å². The lowest BCUT2D eigenvalue weighted by molar-refractivity contribution is -0.148. The number of aromatic nitrogens is 1. The van der Waals surface area contributed by atoms with Crippen molar-refractivity contribution in [2.75, 3.05) is 7.11 Å². The first-order chi connectivity index (χ1) is 10.7. The van der Waals surface area contributed by atoms with Crippen molar-refractivity contribution < 1.29 is 14.3 Å². The van der Waals surface area contributed by atoms with Crippen molar-refractivity contribution in [3.05, 3.63) is 36.2 Å². The SMILES string of the molecule is COC(=O)[C@@H]1[C@H]2CC[C@@H](C2)[C@H]1NC(=O)/C=C\c1cccnc1. The highest BCUT2D eigenvalue weighted by Crippen LogP contribution is 2.48. The normalized spacial score (nSPS) is 29.7. The molecule has 2 bridgehead atoms. The average Bonchev–Trinajstić information content (AvgIpc) is 3.14. The predicted molar refractivity (Wildman–Crippen MR) is 81.5 cm³/mol. The van der Waals surface area contributed by atoms with Gasteiger partial charge in [-0.3, -0.25) is 14.6 Å². The van der Waals surface area contributed by atoms with Crippen LogP contribution in [-0.4, -0.2) is 30.0 Å². The van der Waals surface area contributed by atoms with E-state index in [1.165, 1.54) is 13.2 Å². The monoisotopic (exact) mass is 300 g/mol. The molecule has 0 unspecified atom stereocenters. The summed E-state index contributed by atoms with van der Waals surface area (Å²) in [6, 6.07) is 3.60.